The Balaban J connectivity index is 2.13. The number of hydrogen-bond acceptors (Lipinski definition) is 5. The van der Waals surface area contributed by atoms with Gasteiger partial charge in [0.05, 0.1) is 0 Å². The molecule has 3 nitrogen and oxygen atoms in total. The highest BCUT2D eigenvalue weighted by atomic mass is 35.7. The van der Waals surface area contributed by atoms with Gasteiger partial charge in [0.2, 0.25) is 0 Å². The molecule has 0 aliphatic heterocycles. The zero-order chi connectivity index (χ0) is 12.1. The molecule has 17 heavy (non-hydrogen) atoms. The Morgan fingerprint density at radius 1 is 1.18 bits per heavy atom. The van der Waals surface area contributed by atoms with E-state index in [0.717, 1.165) is 15.9 Å². The number of carbonyl (C=O) groups excluding carboxylic acids is 1. The van der Waals surface area contributed by atoms with Crippen molar-refractivity contribution < 1.29 is 14.3 Å². The summed E-state index contributed by atoms with van der Waals surface area (Å²) in [4.78, 5) is 11.2. The van der Waals surface area contributed by atoms with Crippen LogP contribution in [-0.2, 0) is 4.79 Å². The van der Waals surface area contributed by atoms with Crippen molar-refractivity contribution in [2.75, 3.05) is 0 Å². The first-order valence-corrected chi connectivity index (χ1v) is 7.15. The first kappa shape index (κ1) is 12.3. The smallest absolute Gasteiger partial charge is 0.298 e. The van der Waals surface area contributed by atoms with Gasteiger partial charge in [-0.2, -0.15) is 0 Å². The van der Waals surface area contributed by atoms with Crippen LogP contribution in [0.1, 0.15) is 0 Å². The van der Waals surface area contributed by atoms with E-state index in [0.29, 0.717) is 23.7 Å². The van der Waals surface area contributed by atoms with Gasteiger partial charge in [-0.15, -0.1) is 11.3 Å². The van der Waals surface area contributed by atoms with Gasteiger partial charge in [0.15, 0.2) is 11.5 Å². The summed E-state index contributed by atoms with van der Waals surface area (Å²) in [5.41, 5.74) is 0. The van der Waals surface area contributed by atoms with Crippen molar-refractivity contribution in [2.24, 2.45) is 0 Å². The monoisotopic (exact) mass is 286 g/mol. The summed E-state index contributed by atoms with van der Waals surface area (Å²) < 4.78 is 10.3. The molecule has 0 bridgehead atoms. The number of rotatable bonds is 5. The van der Waals surface area contributed by atoms with Crippen LogP contribution in [0.3, 0.4) is 0 Å². The van der Waals surface area contributed by atoms with Crippen molar-refractivity contribution in [2.45, 2.75) is 4.90 Å². The van der Waals surface area contributed by atoms with Crippen LogP contribution in [0.5, 0.6) is 17.2 Å². The van der Waals surface area contributed by atoms with Gasteiger partial charge in [0.1, 0.15) is 5.75 Å². The molecular weight excluding hydrogens is 280 g/mol. The summed E-state index contributed by atoms with van der Waals surface area (Å²) in [6.45, 7) is 0.377. The molecule has 0 atom stereocenters. The lowest BCUT2D eigenvalue weighted by atomic mass is 10.3. The van der Waals surface area contributed by atoms with E-state index < -0.39 is 0 Å². The highest BCUT2D eigenvalue weighted by molar-refractivity contribution is 8.21. The van der Waals surface area contributed by atoms with Gasteiger partial charge in [-0.25, -0.2) is 0 Å². The highest BCUT2D eigenvalue weighted by Crippen LogP contribution is 2.35. The standard InChI is InChI=1S/C11H7ClO3S2/c12-17-9-3-1-8(2-4-9)15-11-6-16-5-10(11)14-7-13/h1-7H. The third-order valence-corrected chi connectivity index (χ3v) is 3.59. The number of carbonyl (C=O) groups is 1. The quantitative estimate of drug-likeness (QED) is 0.767. The van der Waals surface area contributed by atoms with Crippen LogP contribution >= 0.6 is 33.0 Å². The number of halogens is 1. The lowest BCUT2D eigenvalue weighted by Crippen LogP contribution is -1.89. The van der Waals surface area contributed by atoms with Crippen LogP contribution < -0.4 is 9.47 Å². The molecule has 0 spiro atoms. The maximum absolute atomic E-state index is 10.3. The van der Waals surface area contributed by atoms with Gasteiger partial charge < -0.3 is 9.47 Å². The molecular formula is C11H7ClO3S2. The molecule has 0 saturated heterocycles. The molecule has 0 radical (unpaired) electrons. The molecule has 2 aromatic rings. The summed E-state index contributed by atoms with van der Waals surface area (Å²) in [5, 5.41) is 3.47. The van der Waals surface area contributed by atoms with Crippen LogP contribution in [0.4, 0.5) is 0 Å². The van der Waals surface area contributed by atoms with Crippen molar-refractivity contribution in [3.05, 3.63) is 35.0 Å². The topological polar surface area (TPSA) is 35.5 Å². The first-order chi connectivity index (χ1) is 8.33. The van der Waals surface area contributed by atoms with Gasteiger partial charge >= 0.3 is 0 Å². The molecule has 0 fully saturated rings. The van der Waals surface area contributed by atoms with E-state index in [9.17, 15) is 4.79 Å². The zero-order valence-electron chi connectivity index (χ0n) is 8.46. The van der Waals surface area contributed by atoms with Crippen molar-refractivity contribution in [1.29, 1.82) is 0 Å². The second kappa shape index (κ2) is 5.95. The van der Waals surface area contributed by atoms with Gasteiger partial charge in [-0.1, -0.05) is 0 Å². The predicted molar refractivity (Wildman–Crippen MR) is 69.2 cm³/mol. The minimum Gasteiger partial charge on any atom is -0.453 e. The van der Waals surface area contributed by atoms with Crippen molar-refractivity contribution in [3.8, 4) is 17.2 Å². The molecule has 2 rings (SSSR count). The minimum absolute atomic E-state index is 0.377. The summed E-state index contributed by atoms with van der Waals surface area (Å²) in [5.74, 6) is 1.60. The van der Waals surface area contributed by atoms with E-state index in [1.54, 1.807) is 22.9 Å². The van der Waals surface area contributed by atoms with Gasteiger partial charge in [-0.05, 0) is 45.9 Å². The maximum Gasteiger partial charge on any atom is 0.298 e. The van der Waals surface area contributed by atoms with Crippen LogP contribution in [0, 0.1) is 0 Å². The molecule has 0 amide bonds. The van der Waals surface area contributed by atoms with E-state index in [4.69, 9.17) is 20.2 Å². The third-order valence-electron chi connectivity index (χ3n) is 1.91. The molecule has 1 aromatic carbocycles. The fourth-order valence-electron chi connectivity index (χ4n) is 1.17. The molecule has 0 aliphatic rings. The van der Waals surface area contributed by atoms with E-state index in [2.05, 4.69) is 0 Å². The Morgan fingerprint density at radius 3 is 2.53 bits per heavy atom. The zero-order valence-corrected chi connectivity index (χ0v) is 10.8. The molecule has 1 aromatic heterocycles. The van der Waals surface area contributed by atoms with Gasteiger partial charge in [0.25, 0.3) is 6.47 Å². The number of ether oxygens (including phenoxy) is 2. The van der Waals surface area contributed by atoms with Crippen LogP contribution in [-0.4, -0.2) is 6.47 Å². The Labute approximate surface area is 111 Å². The summed E-state index contributed by atoms with van der Waals surface area (Å²) in [7, 11) is 6.75. The highest BCUT2D eigenvalue weighted by Gasteiger charge is 2.07. The average Bonchev–Trinajstić information content (AvgIpc) is 2.78. The third kappa shape index (κ3) is 3.15. The lowest BCUT2D eigenvalue weighted by molar-refractivity contribution is -0.120. The fourth-order valence-corrected chi connectivity index (χ4v) is 2.37. The van der Waals surface area contributed by atoms with Crippen molar-refractivity contribution in [3.63, 3.8) is 0 Å². The van der Waals surface area contributed by atoms with Crippen LogP contribution in [0.25, 0.3) is 0 Å². The molecule has 0 aliphatic carbocycles. The summed E-state index contributed by atoms with van der Waals surface area (Å²) in [6, 6.07) is 7.29. The summed E-state index contributed by atoms with van der Waals surface area (Å²) >= 11 is 1.40. The number of thiophene rings is 1. The van der Waals surface area contributed by atoms with E-state index in [1.807, 2.05) is 12.1 Å². The lowest BCUT2D eigenvalue weighted by Gasteiger charge is -2.05. The molecule has 6 heteroatoms. The minimum atomic E-state index is 0.377. The number of benzene rings is 1. The van der Waals surface area contributed by atoms with Gasteiger partial charge in [0, 0.05) is 15.7 Å². The number of hydrogen-bond donors (Lipinski definition) is 0. The van der Waals surface area contributed by atoms with Gasteiger partial charge in [-0.3, -0.25) is 4.79 Å². The molecule has 0 N–H and O–H groups in total. The summed E-state index contributed by atoms with van der Waals surface area (Å²) in [6.07, 6.45) is 0. The first-order valence-electron chi connectivity index (χ1n) is 4.56. The predicted octanol–water partition coefficient (Wildman–Crippen LogP) is 4.32. The molecule has 0 unspecified atom stereocenters. The van der Waals surface area contributed by atoms with Crippen molar-refractivity contribution >= 4 is 39.5 Å². The Bertz CT molecular complexity index is 496. The Kier molecular flexibility index (Phi) is 4.30. The Morgan fingerprint density at radius 2 is 1.88 bits per heavy atom. The normalized spacial score (nSPS) is 9.94. The molecule has 0 saturated carbocycles. The van der Waals surface area contributed by atoms with Crippen molar-refractivity contribution in [1.82, 2.24) is 0 Å². The largest absolute Gasteiger partial charge is 0.453 e. The van der Waals surface area contributed by atoms with Crippen LogP contribution in [0.2, 0.25) is 0 Å². The molecule has 1 heterocycles. The van der Waals surface area contributed by atoms with E-state index >= 15 is 0 Å². The van der Waals surface area contributed by atoms with Crippen LogP contribution in [0.15, 0.2) is 39.9 Å². The Hall–Kier alpha value is -1.17. The SMILES string of the molecule is O=COc1cscc1Oc1ccc(SCl)cc1. The average molecular weight is 287 g/mol. The van der Waals surface area contributed by atoms with E-state index in [-0.39, 0.29) is 0 Å². The second-order valence-corrected chi connectivity index (χ2v) is 4.80. The maximum atomic E-state index is 10.3. The molecule has 88 valence electrons. The fraction of sp³-hybridized carbons (Fsp3) is 0. The second-order valence-electron chi connectivity index (χ2n) is 2.96. The van der Waals surface area contributed by atoms with E-state index in [1.165, 1.54) is 11.3 Å².